The van der Waals surface area contributed by atoms with E-state index in [1.54, 1.807) is 0 Å². The fourth-order valence-electron chi connectivity index (χ4n) is 2.47. The average Bonchev–Trinajstić information content (AvgIpc) is 2.80. The van der Waals surface area contributed by atoms with Gasteiger partial charge in [-0.2, -0.15) is 0 Å². The molecule has 122 valence electrons. The van der Waals surface area contributed by atoms with Crippen LogP contribution in [-0.4, -0.2) is 39.4 Å². The van der Waals surface area contributed by atoms with E-state index in [-0.39, 0.29) is 5.78 Å². The Balaban J connectivity index is 2.25. The molecule has 0 fully saturated rings. The number of thiocarbonyl (C=S) groups is 1. The summed E-state index contributed by atoms with van der Waals surface area (Å²) in [7, 11) is 3.78. The van der Waals surface area contributed by atoms with Crippen molar-refractivity contribution in [3.8, 4) is 5.69 Å². The first-order valence-electron chi connectivity index (χ1n) is 7.44. The number of rotatable bonds is 4. The van der Waals surface area contributed by atoms with Crippen LogP contribution in [0.25, 0.3) is 5.69 Å². The minimum atomic E-state index is 0.116. The second-order valence-corrected chi connectivity index (χ2v) is 7.44. The Hall–Kier alpha value is -1.59. The third-order valence-electron chi connectivity index (χ3n) is 3.72. The van der Waals surface area contributed by atoms with Crippen LogP contribution in [0.1, 0.15) is 27.3 Å². The molecule has 1 aromatic heterocycles. The van der Waals surface area contributed by atoms with Crippen molar-refractivity contribution in [2.45, 2.75) is 20.8 Å². The first kappa shape index (κ1) is 17.8. The number of aromatic nitrogens is 1. The molecule has 0 aliphatic carbocycles. The van der Waals surface area contributed by atoms with Gasteiger partial charge in [-0.25, -0.2) is 0 Å². The molecule has 0 bridgehead atoms. The molecule has 1 heterocycles. The average molecular weight is 347 g/mol. The van der Waals surface area contributed by atoms with E-state index < -0.39 is 0 Å². The van der Waals surface area contributed by atoms with Gasteiger partial charge in [0.25, 0.3) is 0 Å². The van der Waals surface area contributed by atoms with Crippen molar-refractivity contribution in [1.29, 1.82) is 0 Å². The van der Waals surface area contributed by atoms with Crippen molar-refractivity contribution in [3.63, 3.8) is 0 Å². The molecule has 0 N–H and O–H groups in total. The van der Waals surface area contributed by atoms with Crippen LogP contribution < -0.4 is 0 Å². The Bertz CT molecular complexity index is 730. The van der Waals surface area contributed by atoms with E-state index in [4.69, 9.17) is 12.2 Å². The second-order valence-electron chi connectivity index (χ2n) is 5.83. The van der Waals surface area contributed by atoms with Crippen LogP contribution in [0.4, 0.5) is 0 Å². The van der Waals surface area contributed by atoms with Crippen LogP contribution in [-0.2, 0) is 0 Å². The van der Waals surface area contributed by atoms with Crippen molar-refractivity contribution in [2.75, 3.05) is 19.8 Å². The van der Waals surface area contributed by atoms with Gasteiger partial charge < -0.3 is 9.47 Å². The van der Waals surface area contributed by atoms with Gasteiger partial charge in [-0.1, -0.05) is 41.7 Å². The number of ketones is 1. The van der Waals surface area contributed by atoms with Crippen LogP contribution in [0.3, 0.4) is 0 Å². The first-order chi connectivity index (χ1) is 10.8. The Morgan fingerprint density at radius 2 is 1.78 bits per heavy atom. The largest absolute Gasteiger partial charge is 0.364 e. The molecule has 0 aliphatic rings. The zero-order valence-electron chi connectivity index (χ0n) is 14.2. The van der Waals surface area contributed by atoms with Gasteiger partial charge in [0.1, 0.15) is 4.32 Å². The van der Waals surface area contributed by atoms with Gasteiger partial charge in [-0.05, 0) is 39.0 Å². The lowest BCUT2D eigenvalue weighted by atomic mass is 10.2. The zero-order chi connectivity index (χ0) is 17.1. The molecule has 1 aromatic carbocycles. The lowest BCUT2D eigenvalue weighted by Crippen LogP contribution is -2.18. The maximum absolute atomic E-state index is 12.5. The van der Waals surface area contributed by atoms with Gasteiger partial charge >= 0.3 is 0 Å². The molecule has 0 saturated carbocycles. The molecule has 2 aromatic rings. The topological polar surface area (TPSA) is 25.2 Å². The highest BCUT2D eigenvalue weighted by Crippen LogP contribution is 2.23. The standard InChI is InChI=1S/C18H22N2OS2/c1-12-6-8-15(9-7-12)20-13(2)10-16(14(20)3)17(21)11-23-18(22)19(4)5/h6-10H,11H2,1-5H3. The maximum atomic E-state index is 12.5. The highest BCUT2D eigenvalue weighted by atomic mass is 32.2. The predicted molar refractivity (Wildman–Crippen MR) is 103 cm³/mol. The minimum absolute atomic E-state index is 0.116. The molecule has 0 unspecified atom stereocenters. The molecule has 3 nitrogen and oxygen atoms in total. The summed E-state index contributed by atoms with van der Waals surface area (Å²) in [5.74, 6) is 0.487. The van der Waals surface area contributed by atoms with Gasteiger partial charge in [0.05, 0.1) is 5.75 Å². The predicted octanol–water partition coefficient (Wildman–Crippen LogP) is 4.16. The lowest BCUT2D eigenvalue weighted by Gasteiger charge is -2.12. The number of carbonyl (C=O) groups excluding carboxylic acids is 1. The molecule has 2 rings (SSSR count). The molecule has 0 atom stereocenters. The quantitative estimate of drug-likeness (QED) is 0.613. The number of thioether (sulfide) groups is 1. The van der Waals surface area contributed by atoms with Gasteiger partial charge in [-0.15, -0.1) is 0 Å². The molecule has 23 heavy (non-hydrogen) atoms. The molecule has 0 saturated heterocycles. The summed E-state index contributed by atoms with van der Waals surface area (Å²) in [4.78, 5) is 14.4. The maximum Gasteiger partial charge on any atom is 0.174 e. The molecule has 0 radical (unpaired) electrons. The number of benzene rings is 1. The van der Waals surface area contributed by atoms with E-state index >= 15 is 0 Å². The van der Waals surface area contributed by atoms with Crippen LogP contribution >= 0.6 is 24.0 Å². The van der Waals surface area contributed by atoms with Gasteiger partial charge in [0.2, 0.25) is 0 Å². The fourth-order valence-corrected chi connectivity index (χ4v) is 3.32. The highest BCUT2D eigenvalue weighted by Gasteiger charge is 2.17. The van der Waals surface area contributed by atoms with Crippen LogP contribution in [0.2, 0.25) is 0 Å². The summed E-state index contributed by atoms with van der Waals surface area (Å²) < 4.78 is 2.85. The van der Waals surface area contributed by atoms with Crippen molar-refractivity contribution in [3.05, 3.63) is 52.8 Å². The van der Waals surface area contributed by atoms with E-state index in [0.717, 1.165) is 27.0 Å². The lowest BCUT2D eigenvalue weighted by molar-refractivity contribution is 0.102. The molecular weight excluding hydrogens is 324 g/mol. The van der Waals surface area contributed by atoms with E-state index in [1.165, 1.54) is 17.3 Å². The monoisotopic (exact) mass is 346 g/mol. The summed E-state index contributed by atoms with van der Waals surface area (Å²) in [6.07, 6.45) is 0. The van der Waals surface area contributed by atoms with Gasteiger partial charge in [0.15, 0.2) is 5.78 Å². The van der Waals surface area contributed by atoms with Gasteiger partial charge in [-0.3, -0.25) is 4.79 Å². The first-order valence-corrected chi connectivity index (χ1v) is 8.84. The number of Topliss-reactive ketones (excluding diaryl/α,β-unsaturated/α-hetero) is 1. The molecular formula is C18H22N2OS2. The molecule has 5 heteroatoms. The number of hydrogen-bond acceptors (Lipinski definition) is 3. The minimum Gasteiger partial charge on any atom is -0.364 e. The van der Waals surface area contributed by atoms with Crippen molar-refractivity contribution in [1.82, 2.24) is 9.47 Å². The second kappa shape index (κ2) is 7.32. The zero-order valence-corrected chi connectivity index (χ0v) is 15.8. The molecule has 0 aliphatic heterocycles. The Labute approximate surface area is 147 Å². The van der Waals surface area contributed by atoms with E-state index in [0.29, 0.717) is 5.75 Å². The number of nitrogens with zero attached hydrogens (tertiary/aromatic N) is 2. The van der Waals surface area contributed by atoms with Crippen molar-refractivity contribution < 1.29 is 4.79 Å². The van der Waals surface area contributed by atoms with Crippen LogP contribution in [0.15, 0.2) is 30.3 Å². The normalized spacial score (nSPS) is 10.7. The van der Waals surface area contributed by atoms with Crippen molar-refractivity contribution >= 4 is 34.1 Å². The van der Waals surface area contributed by atoms with E-state index in [1.807, 2.05) is 38.9 Å². The summed E-state index contributed by atoms with van der Waals surface area (Å²) in [6, 6.07) is 10.3. The Kier molecular flexibility index (Phi) is 5.65. The Morgan fingerprint density at radius 3 is 2.35 bits per heavy atom. The van der Waals surface area contributed by atoms with Crippen LogP contribution in [0, 0.1) is 20.8 Å². The summed E-state index contributed by atoms with van der Waals surface area (Å²) in [5, 5.41) is 0. The third-order valence-corrected chi connectivity index (χ3v) is 5.45. The SMILES string of the molecule is Cc1ccc(-n2c(C)cc(C(=O)CSC(=S)N(C)C)c2C)cc1. The Morgan fingerprint density at radius 1 is 1.17 bits per heavy atom. The van der Waals surface area contributed by atoms with E-state index in [2.05, 4.69) is 35.8 Å². The van der Waals surface area contributed by atoms with Crippen LogP contribution in [0.5, 0.6) is 0 Å². The summed E-state index contributed by atoms with van der Waals surface area (Å²) >= 11 is 6.64. The van der Waals surface area contributed by atoms with Gasteiger partial charge in [0, 0.05) is 36.7 Å². The highest BCUT2D eigenvalue weighted by molar-refractivity contribution is 8.23. The number of hydrogen-bond donors (Lipinski definition) is 0. The molecule has 0 amide bonds. The van der Waals surface area contributed by atoms with E-state index in [9.17, 15) is 4.79 Å². The number of carbonyl (C=O) groups is 1. The number of aryl methyl sites for hydroxylation is 2. The van der Waals surface area contributed by atoms with Crippen molar-refractivity contribution in [2.24, 2.45) is 0 Å². The summed E-state index contributed by atoms with van der Waals surface area (Å²) in [5.41, 5.74) is 5.13. The smallest absolute Gasteiger partial charge is 0.174 e. The fraction of sp³-hybridized carbons (Fsp3) is 0.333. The molecule has 0 spiro atoms. The summed E-state index contributed by atoms with van der Waals surface area (Å²) in [6.45, 7) is 6.09. The third kappa shape index (κ3) is 4.03.